The van der Waals surface area contributed by atoms with Crippen LogP contribution in [-0.4, -0.2) is 61.3 Å². The maximum absolute atomic E-state index is 12.8. The Kier molecular flexibility index (Phi) is 7.19. The van der Waals surface area contributed by atoms with E-state index in [1.54, 1.807) is 25.3 Å². The van der Waals surface area contributed by atoms with Crippen LogP contribution in [0.2, 0.25) is 0 Å². The second-order valence-corrected chi connectivity index (χ2v) is 7.25. The minimum atomic E-state index is -0.0153. The van der Waals surface area contributed by atoms with Gasteiger partial charge in [-0.25, -0.2) is 0 Å². The van der Waals surface area contributed by atoms with E-state index < -0.39 is 0 Å². The van der Waals surface area contributed by atoms with Crippen LogP contribution in [0.1, 0.15) is 28.4 Å². The molecule has 29 heavy (non-hydrogen) atoms. The number of rotatable bonds is 7. The van der Waals surface area contributed by atoms with Gasteiger partial charge in [-0.05, 0) is 30.7 Å². The number of amides is 1. The van der Waals surface area contributed by atoms with Crippen LogP contribution < -0.4 is 4.74 Å². The molecule has 1 aliphatic heterocycles. The molecule has 1 aliphatic rings. The summed E-state index contributed by atoms with van der Waals surface area (Å²) in [5.74, 6) is 0.704. The Bertz CT molecular complexity index is 869. The lowest BCUT2D eigenvalue weighted by Gasteiger charge is -2.34. The molecule has 5 heteroatoms. The average Bonchev–Trinajstić information content (AvgIpc) is 2.75. The van der Waals surface area contributed by atoms with Crippen molar-refractivity contribution in [1.82, 2.24) is 9.80 Å². The van der Waals surface area contributed by atoms with Gasteiger partial charge < -0.3 is 9.64 Å². The molecule has 1 fully saturated rings. The molecular weight excluding hydrogens is 364 g/mol. The highest BCUT2D eigenvalue weighted by Gasteiger charge is 2.22. The molecule has 0 radical (unpaired) electrons. The summed E-state index contributed by atoms with van der Waals surface area (Å²) in [6.07, 6.45) is 4.55. The second kappa shape index (κ2) is 10.0. The summed E-state index contributed by atoms with van der Waals surface area (Å²) < 4.78 is 5.37. The number of nitrogens with zero attached hydrogens (tertiary/aromatic N) is 2. The summed E-state index contributed by atoms with van der Waals surface area (Å²) in [6, 6.07) is 15.5. The molecule has 2 aromatic rings. The van der Waals surface area contributed by atoms with Gasteiger partial charge in [-0.15, -0.1) is 0 Å². The summed E-state index contributed by atoms with van der Waals surface area (Å²) in [5.41, 5.74) is 2.56. The fourth-order valence-electron chi connectivity index (χ4n) is 3.49. The summed E-state index contributed by atoms with van der Waals surface area (Å²) in [7, 11) is 1.58. The first-order valence-electron chi connectivity index (χ1n) is 9.96. The van der Waals surface area contributed by atoms with Gasteiger partial charge in [0.15, 0.2) is 5.78 Å². The summed E-state index contributed by atoms with van der Waals surface area (Å²) in [4.78, 5) is 28.7. The van der Waals surface area contributed by atoms with E-state index in [1.165, 1.54) is 12.5 Å². The average molecular weight is 392 g/mol. The van der Waals surface area contributed by atoms with Crippen molar-refractivity contribution in [3.8, 4) is 5.75 Å². The van der Waals surface area contributed by atoms with Gasteiger partial charge in [0.25, 0.3) is 0 Å². The van der Waals surface area contributed by atoms with E-state index in [2.05, 4.69) is 29.2 Å². The maximum atomic E-state index is 12.8. The van der Waals surface area contributed by atoms with Crippen LogP contribution in [0, 0.1) is 0 Å². The van der Waals surface area contributed by atoms with Gasteiger partial charge in [0, 0.05) is 43.9 Å². The van der Waals surface area contributed by atoms with Crippen molar-refractivity contribution < 1.29 is 14.3 Å². The van der Waals surface area contributed by atoms with E-state index in [0.29, 0.717) is 24.4 Å². The van der Waals surface area contributed by atoms with Gasteiger partial charge in [0.1, 0.15) is 5.75 Å². The molecular formula is C24H28N2O3. The first-order chi connectivity index (χ1) is 14.1. The SMILES string of the molecule is COc1ccc(C(C)=O)cc1CC(=O)N1CCN(CC=Cc2ccccc2)CC1. The Labute approximate surface area is 172 Å². The number of Topliss-reactive ketones (excluding diaryl/α,β-unsaturated/α-hetero) is 1. The van der Waals surface area contributed by atoms with Gasteiger partial charge in [-0.1, -0.05) is 42.5 Å². The van der Waals surface area contributed by atoms with Crippen LogP contribution in [0.4, 0.5) is 0 Å². The Balaban J connectivity index is 1.52. The van der Waals surface area contributed by atoms with Gasteiger partial charge in [0.2, 0.25) is 5.91 Å². The van der Waals surface area contributed by atoms with Crippen molar-refractivity contribution in [2.45, 2.75) is 13.3 Å². The standard InChI is InChI=1S/C24H28N2O3/c1-19(27)21-10-11-23(29-2)22(17-21)18-24(28)26-15-13-25(14-16-26)12-6-9-20-7-4-3-5-8-20/h3-11,17H,12-16,18H2,1-2H3. The first-order valence-corrected chi connectivity index (χ1v) is 9.96. The number of methoxy groups -OCH3 is 1. The van der Waals surface area contributed by atoms with Gasteiger partial charge in [-0.3, -0.25) is 14.5 Å². The third kappa shape index (κ3) is 5.78. The fourth-order valence-corrected chi connectivity index (χ4v) is 3.49. The number of piperazine rings is 1. The molecule has 1 heterocycles. The van der Waals surface area contributed by atoms with Gasteiger partial charge in [-0.2, -0.15) is 0 Å². The van der Waals surface area contributed by atoms with Crippen LogP contribution in [0.5, 0.6) is 5.75 Å². The molecule has 0 atom stereocenters. The van der Waals surface area contributed by atoms with E-state index in [4.69, 9.17) is 4.74 Å². The number of ketones is 1. The van der Waals surface area contributed by atoms with Crippen LogP contribution in [-0.2, 0) is 11.2 Å². The molecule has 3 rings (SSSR count). The monoisotopic (exact) mass is 392 g/mol. The smallest absolute Gasteiger partial charge is 0.227 e. The predicted molar refractivity (Wildman–Crippen MR) is 115 cm³/mol. The normalized spacial score (nSPS) is 14.9. The Morgan fingerprint density at radius 2 is 1.76 bits per heavy atom. The highest BCUT2D eigenvalue weighted by atomic mass is 16.5. The number of carbonyl (C=O) groups excluding carboxylic acids is 2. The van der Waals surface area contributed by atoms with Crippen molar-refractivity contribution in [3.05, 3.63) is 71.3 Å². The highest BCUT2D eigenvalue weighted by Crippen LogP contribution is 2.22. The second-order valence-electron chi connectivity index (χ2n) is 7.25. The van der Waals surface area contributed by atoms with E-state index >= 15 is 0 Å². The van der Waals surface area contributed by atoms with Gasteiger partial charge >= 0.3 is 0 Å². The van der Waals surface area contributed by atoms with Crippen molar-refractivity contribution in [1.29, 1.82) is 0 Å². The third-order valence-electron chi connectivity index (χ3n) is 5.23. The lowest BCUT2D eigenvalue weighted by molar-refractivity contribution is -0.132. The molecule has 0 saturated carbocycles. The molecule has 2 aromatic carbocycles. The van der Waals surface area contributed by atoms with Crippen LogP contribution >= 0.6 is 0 Å². The molecule has 0 aliphatic carbocycles. The molecule has 0 aromatic heterocycles. The summed E-state index contributed by atoms with van der Waals surface area (Å²) in [6.45, 7) is 5.55. The van der Waals surface area contributed by atoms with Crippen molar-refractivity contribution in [2.75, 3.05) is 39.8 Å². The van der Waals surface area contributed by atoms with Crippen molar-refractivity contribution in [2.24, 2.45) is 0 Å². The zero-order valence-electron chi connectivity index (χ0n) is 17.1. The minimum Gasteiger partial charge on any atom is -0.496 e. The highest BCUT2D eigenvalue weighted by molar-refractivity contribution is 5.94. The third-order valence-corrected chi connectivity index (χ3v) is 5.23. The van der Waals surface area contributed by atoms with Crippen LogP contribution in [0.15, 0.2) is 54.6 Å². The molecule has 152 valence electrons. The molecule has 5 nitrogen and oxygen atoms in total. The predicted octanol–water partition coefficient (Wildman–Crippen LogP) is 3.30. The largest absolute Gasteiger partial charge is 0.496 e. The number of benzene rings is 2. The first kappa shape index (κ1) is 20.8. The minimum absolute atomic E-state index is 0.0153. The summed E-state index contributed by atoms with van der Waals surface area (Å²) >= 11 is 0. The quantitative estimate of drug-likeness (QED) is 0.679. The van der Waals surface area contributed by atoms with E-state index in [-0.39, 0.29) is 18.1 Å². The summed E-state index contributed by atoms with van der Waals surface area (Å²) in [5, 5.41) is 0. The molecule has 1 amide bonds. The topological polar surface area (TPSA) is 49.9 Å². The van der Waals surface area contributed by atoms with Crippen molar-refractivity contribution >= 4 is 17.8 Å². The molecule has 0 bridgehead atoms. The molecule has 1 saturated heterocycles. The Morgan fingerprint density at radius 3 is 2.41 bits per heavy atom. The maximum Gasteiger partial charge on any atom is 0.227 e. The lowest BCUT2D eigenvalue weighted by Crippen LogP contribution is -2.49. The molecule has 0 spiro atoms. The van der Waals surface area contributed by atoms with Gasteiger partial charge in [0.05, 0.1) is 13.5 Å². The molecule has 0 N–H and O–H groups in total. The van der Waals surface area contributed by atoms with E-state index in [0.717, 1.165) is 25.2 Å². The van der Waals surface area contributed by atoms with Crippen molar-refractivity contribution in [3.63, 3.8) is 0 Å². The Hall–Kier alpha value is -2.92. The van der Waals surface area contributed by atoms with Crippen LogP contribution in [0.25, 0.3) is 6.08 Å². The number of ether oxygens (including phenoxy) is 1. The lowest BCUT2D eigenvalue weighted by atomic mass is 10.0. The number of hydrogen-bond acceptors (Lipinski definition) is 4. The zero-order chi connectivity index (χ0) is 20.6. The van der Waals surface area contributed by atoms with E-state index in [1.807, 2.05) is 23.1 Å². The number of hydrogen-bond donors (Lipinski definition) is 0. The molecule has 0 unspecified atom stereocenters. The Morgan fingerprint density at radius 1 is 1.03 bits per heavy atom. The zero-order valence-corrected chi connectivity index (χ0v) is 17.1. The van der Waals surface area contributed by atoms with Crippen LogP contribution in [0.3, 0.4) is 0 Å². The number of carbonyl (C=O) groups is 2. The van der Waals surface area contributed by atoms with E-state index in [9.17, 15) is 9.59 Å². The fraction of sp³-hybridized carbons (Fsp3) is 0.333.